The number of halogens is 2. The molecule has 118 valence electrons. The number of nitrogens with one attached hydrogen (secondary N) is 1. The summed E-state index contributed by atoms with van der Waals surface area (Å²) in [4.78, 5) is 0. The Morgan fingerprint density at radius 2 is 2.05 bits per heavy atom. The molecule has 21 heavy (non-hydrogen) atoms. The number of ether oxygens (including phenoxy) is 1. The van der Waals surface area contributed by atoms with Crippen LogP contribution in [0, 0.1) is 5.82 Å². The van der Waals surface area contributed by atoms with Gasteiger partial charge in [-0.25, -0.2) is 4.39 Å². The maximum Gasteiger partial charge on any atom is 0.142 e. The molecule has 1 aliphatic rings. The Morgan fingerprint density at radius 3 is 2.62 bits per heavy atom. The highest BCUT2D eigenvalue weighted by Crippen LogP contribution is 2.37. The van der Waals surface area contributed by atoms with Crippen LogP contribution in [0.1, 0.15) is 45.1 Å². The van der Waals surface area contributed by atoms with E-state index in [1.165, 1.54) is 12.8 Å². The SMILES string of the molecule is CCNC(Cc1ccc(Cl)c(F)c1)C1(OCC)CCCC1. The third-order valence-corrected chi connectivity index (χ3v) is 4.70. The predicted molar refractivity (Wildman–Crippen MR) is 85.4 cm³/mol. The molecule has 0 spiro atoms. The van der Waals surface area contributed by atoms with E-state index < -0.39 is 0 Å². The molecule has 1 aromatic rings. The lowest BCUT2D eigenvalue weighted by Gasteiger charge is -2.38. The smallest absolute Gasteiger partial charge is 0.142 e. The number of likely N-dealkylation sites (N-methyl/N-ethyl adjacent to an activating group) is 1. The minimum Gasteiger partial charge on any atom is -0.374 e. The average molecular weight is 314 g/mol. The molecule has 1 aliphatic carbocycles. The lowest BCUT2D eigenvalue weighted by atomic mass is 9.87. The van der Waals surface area contributed by atoms with E-state index in [0.717, 1.165) is 38.0 Å². The fourth-order valence-electron chi connectivity index (χ4n) is 3.45. The van der Waals surface area contributed by atoms with Crippen LogP contribution in [0.4, 0.5) is 4.39 Å². The molecular formula is C17H25ClFNO. The van der Waals surface area contributed by atoms with Gasteiger partial charge in [-0.1, -0.05) is 37.4 Å². The van der Waals surface area contributed by atoms with Crippen molar-refractivity contribution in [1.82, 2.24) is 5.32 Å². The Bertz CT molecular complexity index is 460. The molecule has 2 nitrogen and oxygen atoms in total. The van der Waals surface area contributed by atoms with Crippen LogP contribution in [-0.2, 0) is 11.2 Å². The van der Waals surface area contributed by atoms with Crippen molar-refractivity contribution in [3.8, 4) is 0 Å². The zero-order valence-corrected chi connectivity index (χ0v) is 13.7. The van der Waals surface area contributed by atoms with Gasteiger partial charge >= 0.3 is 0 Å². The second kappa shape index (κ2) is 7.57. The summed E-state index contributed by atoms with van der Waals surface area (Å²) >= 11 is 5.77. The van der Waals surface area contributed by atoms with Crippen molar-refractivity contribution in [3.63, 3.8) is 0 Å². The van der Waals surface area contributed by atoms with Crippen LogP contribution >= 0.6 is 11.6 Å². The van der Waals surface area contributed by atoms with Crippen LogP contribution in [-0.4, -0.2) is 24.8 Å². The van der Waals surface area contributed by atoms with E-state index in [9.17, 15) is 4.39 Å². The first-order chi connectivity index (χ1) is 10.1. The first-order valence-corrected chi connectivity index (χ1v) is 8.30. The number of hydrogen-bond acceptors (Lipinski definition) is 2. The molecule has 1 fully saturated rings. The van der Waals surface area contributed by atoms with Gasteiger partial charge in [-0.05, 0) is 50.4 Å². The third kappa shape index (κ3) is 3.97. The molecule has 1 unspecified atom stereocenters. The molecule has 0 amide bonds. The van der Waals surface area contributed by atoms with Crippen molar-refractivity contribution < 1.29 is 9.13 Å². The van der Waals surface area contributed by atoms with E-state index in [0.29, 0.717) is 0 Å². The Hall–Kier alpha value is -0.640. The maximum atomic E-state index is 13.7. The molecular weight excluding hydrogens is 289 g/mol. The molecule has 1 aromatic carbocycles. The molecule has 1 atom stereocenters. The summed E-state index contributed by atoms with van der Waals surface area (Å²) in [6.45, 7) is 5.75. The lowest BCUT2D eigenvalue weighted by molar-refractivity contribution is -0.0609. The normalized spacial score (nSPS) is 18.9. The minimum absolute atomic E-state index is 0.110. The molecule has 1 saturated carbocycles. The average Bonchev–Trinajstić information content (AvgIpc) is 2.92. The Kier molecular flexibility index (Phi) is 6.03. The van der Waals surface area contributed by atoms with Gasteiger partial charge < -0.3 is 10.1 Å². The highest BCUT2D eigenvalue weighted by molar-refractivity contribution is 6.30. The van der Waals surface area contributed by atoms with Gasteiger partial charge in [0, 0.05) is 12.6 Å². The van der Waals surface area contributed by atoms with Crippen LogP contribution in [0.15, 0.2) is 18.2 Å². The van der Waals surface area contributed by atoms with E-state index in [-0.39, 0.29) is 22.5 Å². The first kappa shape index (κ1) is 16.7. The number of hydrogen-bond donors (Lipinski definition) is 1. The Morgan fingerprint density at radius 1 is 1.33 bits per heavy atom. The monoisotopic (exact) mass is 313 g/mol. The molecule has 0 heterocycles. The fourth-order valence-corrected chi connectivity index (χ4v) is 3.56. The first-order valence-electron chi connectivity index (χ1n) is 7.92. The summed E-state index contributed by atoms with van der Waals surface area (Å²) in [6, 6.07) is 5.30. The Balaban J connectivity index is 2.19. The molecule has 0 bridgehead atoms. The summed E-state index contributed by atoms with van der Waals surface area (Å²) in [5.74, 6) is -0.346. The zero-order chi connectivity index (χ0) is 15.3. The van der Waals surface area contributed by atoms with Gasteiger partial charge in [-0.15, -0.1) is 0 Å². The van der Waals surface area contributed by atoms with Crippen LogP contribution in [0.5, 0.6) is 0 Å². The van der Waals surface area contributed by atoms with Gasteiger partial charge in [0.2, 0.25) is 0 Å². The van der Waals surface area contributed by atoms with Crippen LogP contribution in [0.25, 0.3) is 0 Å². The topological polar surface area (TPSA) is 21.3 Å². The third-order valence-electron chi connectivity index (χ3n) is 4.39. The number of rotatable bonds is 7. The van der Waals surface area contributed by atoms with Crippen molar-refractivity contribution in [2.75, 3.05) is 13.2 Å². The summed E-state index contributed by atoms with van der Waals surface area (Å²) in [7, 11) is 0. The van der Waals surface area contributed by atoms with E-state index in [1.54, 1.807) is 12.1 Å². The summed E-state index contributed by atoms with van der Waals surface area (Å²) in [5.41, 5.74) is 0.856. The van der Waals surface area contributed by atoms with Gasteiger partial charge in [0.25, 0.3) is 0 Å². The van der Waals surface area contributed by atoms with Crippen molar-refractivity contribution in [2.45, 2.75) is 57.6 Å². The summed E-state index contributed by atoms with van der Waals surface area (Å²) in [5, 5.41) is 3.73. The quantitative estimate of drug-likeness (QED) is 0.808. The zero-order valence-electron chi connectivity index (χ0n) is 12.9. The molecule has 2 rings (SSSR count). The molecule has 0 saturated heterocycles. The second-order valence-electron chi connectivity index (χ2n) is 5.77. The van der Waals surface area contributed by atoms with E-state index in [2.05, 4.69) is 12.2 Å². The van der Waals surface area contributed by atoms with Crippen LogP contribution < -0.4 is 5.32 Å². The molecule has 0 aliphatic heterocycles. The standard InChI is InChI=1S/C17H25ClFNO/c1-3-20-16(17(21-4-2)9-5-6-10-17)12-13-7-8-14(18)15(19)11-13/h7-8,11,16,20H,3-6,9-10,12H2,1-2H3. The second-order valence-corrected chi connectivity index (χ2v) is 6.17. The van der Waals surface area contributed by atoms with Crippen molar-refractivity contribution in [3.05, 3.63) is 34.6 Å². The molecule has 1 N–H and O–H groups in total. The van der Waals surface area contributed by atoms with Gasteiger partial charge in [0.05, 0.1) is 10.6 Å². The van der Waals surface area contributed by atoms with Crippen molar-refractivity contribution in [1.29, 1.82) is 0 Å². The van der Waals surface area contributed by atoms with Crippen LogP contribution in [0.3, 0.4) is 0 Å². The largest absolute Gasteiger partial charge is 0.374 e. The van der Waals surface area contributed by atoms with Crippen molar-refractivity contribution >= 4 is 11.6 Å². The van der Waals surface area contributed by atoms with Crippen LogP contribution in [0.2, 0.25) is 5.02 Å². The highest BCUT2D eigenvalue weighted by atomic mass is 35.5. The molecule has 4 heteroatoms. The predicted octanol–water partition coefficient (Wildman–Crippen LogP) is 4.35. The van der Waals surface area contributed by atoms with Crippen molar-refractivity contribution in [2.24, 2.45) is 0 Å². The molecule has 0 aromatic heterocycles. The fraction of sp³-hybridized carbons (Fsp3) is 0.647. The van der Waals surface area contributed by atoms with Gasteiger partial charge in [-0.2, -0.15) is 0 Å². The summed E-state index contributed by atoms with van der Waals surface area (Å²) < 4.78 is 19.8. The minimum atomic E-state index is -0.346. The maximum absolute atomic E-state index is 13.7. The van der Waals surface area contributed by atoms with Gasteiger partial charge in [0.1, 0.15) is 5.82 Å². The van der Waals surface area contributed by atoms with E-state index >= 15 is 0 Å². The van der Waals surface area contributed by atoms with Gasteiger partial charge in [0.15, 0.2) is 0 Å². The molecule has 0 radical (unpaired) electrons. The van der Waals surface area contributed by atoms with Gasteiger partial charge in [-0.3, -0.25) is 0 Å². The highest BCUT2D eigenvalue weighted by Gasteiger charge is 2.41. The summed E-state index contributed by atoms with van der Waals surface area (Å²) in [6.07, 6.45) is 5.33. The number of benzene rings is 1. The van der Waals surface area contributed by atoms with E-state index in [1.807, 2.05) is 13.0 Å². The van der Waals surface area contributed by atoms with E-state index in [4.69, 9.17) is 16.3 Å². The lowest BCUT2D eigenvalue weighted by Crippen LogP contribution is -2.52. The Labute approximate surface area is 132 Å².